The lowest BCUT2D eigenvalue weighted by atomic mass is 10.1. The molecule has 3 nitrogen and oxygen atoms in total. The van der Waals surface area contributed by atoms with Crippen molar-refractivity contribution in [1.29, 1.82) is 0 Å². The highest BCUT2D eigenvalue weighted by Gasteiger charge is 2.02. The molecule has 0 aliphatic rings. The SMILES string of the molecule is COc1cc(CN)cc2ccncc12. The van der Waals surface area contributed by atoms with Crippen LogP contribution in [0.25, 0.3) is 10.8 Å². The number of methoxy groups -OCH3 is 1. The van der Waals surface area contributed by atoms with Crippen molar-refractivity contribution in [2.45, 2.75) is 6.54 Å². The Morgan fingerprint density at radius 1 is 1.43 bits per heavy atom. The van der Waals surface area contributed by atoms with Crippen molar-refractivity contribution < 1.29 is 4.74 Å². The Kier molecular flexibility index (Phi) is 2.33. The lowest BCUT2D eigenvalue weighted by Gasteiger charge is -2.07. The van der Waals surface area contributed by atoms with Gasteiger partial charge in [0.25, 0.3) is 0 Å². The van der Waals surface area contributed by atoms with Crippen LogP contribution in [0.4, 0.5) is 0 Å². The van der Waals surface area contributed by atoms with E-state index < -0.39 is 0 Å². The first-order chi connectivity index (χ1) is 6.85. The van der Waals surface area contributed by atoms with Gasteiger partial charge in [-0.15, -0.1) is 0 Å². The fourth-order valence-electron chi connectivity index (χ4n) is 1.51. The molecule has 0 radical (unpaired) electrons. The van der Waals surface area contributed by atoms with E-state index in [1.54, 1.807) is 19.5 Å². The summed E-state index contributed by atoms with van der Waals surface area (Å²) in [7, 11) is 1.65. The highest BCUT2D eigenvalue weighted by Crippen LogP contribution is 2.26. The average molecular weight is 188 g/mol. The van der Waals surface area contributed by atoms with Gasteiger partial charge in [0.15, 0.2) is 0 Å². The second-order valence-electron chi connectivity index (χ2n) is 3.10. The van der Waals surface area contributed by atoms with E-state index >= 15 is 0 Å². The number of aromatic nitrogens is 1. The second-order valence-corrected chi connectivity index (χ2v) is 3.10. The summed E-state index contributed by atoms with van der Waals surface area (Å²) in [5.74, 6) is 0.830. The third-order valence-electron chi connectivity index (χ3n) is 2.23. The van der Waals surface area contributed by atoms with Crippen molar-refractivity contribution in [2.75, 3.05) is 7.11 Å². The van der Waals surface area contributed by atoms with E-state index in [-0.39, 0.29) is 0 Å². The number of hydrogen-bond donors (Lipinski definition) is 1. The molecule has 2 aromatic rings. The molecule has 2 N–H and O–H groups in total. The van der Waals surface area contributed by atoms with Gasteiger partial charge in [-0.2, -0.15) is 0 Å². The van der Waals surface area contributed by atoms with Gasteiger partial charge in [-0.3, -0.25) is 4.98 Å². The van der Waals surface area contributed by atoms with Crippen LogP contribution in [-0.4, -0.2) is 12.1 Å². The van der Waals surface area contributed by atoms with Crippen molar-refractivity contribution in [3.8, 4) is 5.75 Å². The summed E-state index contributed by atoms with van der Waals surface area (Å²) >= 11 is 0. The van der Waals surface area contributed by atoms with Gasteiger partial charge < -0.3 is 10.5 Å². The zero-order chi connectivity index (χ0) is 9.97. The molecule has 0 saturated heterocycles. The van der Waals surface area contributed by atoms with Crippen LogP contribution in [-0.2, 0) is 6.54 Å². The molecular formula is C11H12N2O. The van der Waals surface area contributed by atoms with Gasteiger partial charge >= 0.3 is 0 Å². The number of fused-ring (bicyclic) bond motifs is 1. The lowest BCUT2D eigenvalue weighted by Crippen LogP contribution is -1.97. The standard InChI is InChI=1S/C11H12N2O/c1-14-11-5-8(6-12)4-9-2-3-13-7-10(9)11/h2-5,7H,6,12H2,1H3. The number of rotatable bonds is 2. The Hall–Kier alpha value is -1.61. The second kappa shape index (κ2) is 3.64. The van der Waals surface area contributed by atoms with Crippen LogP contribution in [0.5, 0.6) is 5.75 Å². The predicted molar refractivity (Wildman–Crippen MR) is 56.2 cm³/mol. The Morgan fingerprint density at radius 2 is 2.29 bits per heavy atom. The molecule has 1 aromatic heterocycles. The maximum absolute atomic E-state index is 5.59. The third kappa shape index (κ3) is 1.42. The summed E-state index contributed by atoms with van der Waals surface area (Å²) in [6, 6.07) is 5.96. The van der Waals surface area contributed by atoms with E-state index in [9.17, 15) is 0 Å². The van der Waals surface area contributed by atoms with Gasteiger partial charge in [0.1, 0.15) is 5.75 Å². The Labute approximate surface area is 82.5 Å². The number of nitrogens with two attached hydrogens (primary N) is 1. The van der Waals surface area contributed by atoms with Crippen molar-refractivity contribution in [1.82, 2.24) is 4.98 Å². The van der Waals surface area contributed by atoms with Gasteiger partial charge in [-0.05, 0) is 29.1 Å². The molecule has 0 spiro atoms. The van der Waals surface area contributed by atoms with E-state index in [1.807, 2.05) is 12.1 Å². The molecule has 0 unspecified atom stereocenters. The summed E-state index contributed by atoms with van der Waals surface area (Å²) in [5, 5.41) is 2.13. The van der Waals surface area contributed by atoms with Gasteiger partial charge in [-0.25, -0.2) is 0 Å². The maximum atomic E-state index is 5.59. The fourth-order valence-corrected chi connectivity index (χ4v) is 1.51. The van der Waals surface area contributed by atoms with E-state index in [0.717, 1.165) is 22.1 Å². The van der Waals surface area contributed by atoms with Crippen LogP contribution in [0, 0.1) is 0 Å². The van der Waals surface area contributed by atoms with Gasteiger partial charge in [0.2, 0.25) is 0 Å². The summed E-state index contributed by atoms with van der Waals surface area (Å²) in [4.78, 5) is 4.07. The molecule has 0 fully saturated rings. The first-order valence-corrected chi connectivity index (χ1v) is 4.46. The van der Waals surface area contributed by atoms with Crippen LogP contribution in [0.2, 0.25) is 0 Å². The molecule has 0 atom stereocenters. The van der Waals surface area contributed by atoms with E-state index in [1.165, 1.54) is 0 Å². The molecule has 2 rings (SSSR count). The molecule has 0 amide bonds. The largest absolute Gasteiger partial charge is 0.496 e. The topological polar surface area (TPSA) is 48.1 Å². The number of benzene rings is 1. The van der Waals surface area contributed by atoms with Crippen LogP contribution >= 0.6 is 0 Å². The molecule has 14 heavy (non-hydrogen) atoms. The molecule has 3 heteroatoms. The summed E-state index contributed by atoms with van der Waals surface area (Å²) in [6.07, 6.45) is 3.57. The Morgan fingerprint density at radius 3 is 3.00 bits per heavy atom. The highest BCUT2D eigenvalue weighted by atomic mass is 16.5. The first kappa shape index (κ1) is 8.97. The van der Waals surface area contributed by atoms with Crippen molar-refractivity contribution in [3.63, 3.8) is 0 Å². The van der Waals surface area contributed by atoms with E-state index in [4.69, 9.17) is 10.5 Å². The molecule has 0 saturated carbocycles. The molecule has 0 aliphatic heterocycles. The van der Waals surface area contributed by atoms with Crippen molar-refractivity contribution in [2.24, 2.45) is 5.73 Å². The van der Waals surface area contributed by atoms with Crippen LogP contribution < -0.4 is 10.5 Å². The molecule has 1 heterocycles. The number of nitrogens with zero attached hydrogens (tertiary/aromatic N) is 1. The highest BCUT2D eigenvalue weighted by molar-refractivity contribution is 5.88. The normalized spacial score (nSPS) is 10.4. The Balaban J connectivity index is 2.73. The van der Waals surface area contributed by atoms with Gasteiger partial charge in [0, 0.05) is 24.3 Å². The zero-order valence-corrected chi connectivity index (χ0v) is 8.03. The minimum Gasteiger partial charge on any atom is -0.496 e. The smallest absolute Gasteiger partial charge is 0.128 e. The van der Waals surface area contributed by atoms with Crippen LogP contribution in [0.15, 0.2) is 30.6 Å². The molecule has 1 aromatic carbocycles. The summed E-state index contributed by atoms with van der Waals surface area (Å²) in [6.45, 7) is 0.522. The monoisotopic (exact) mass is 188 g/mol. The summed E-state index contributed by atoms with van der Waals surface area (Å²) in [5.41, 5.74) is 6.66. The molecule has 0 aliphatic carbocycles. The van der Waals surface area contributed by atoms with E-state index in [2.05, 4.69) is 11.1 Å². The molecular weight excluding hydrogens is 176 g/mol. The van der Waals surface area contributed by atoms with Gasteiger partial charge in [-0.1, -0.05) is 0 Å². The number of pyridine rings is 1. The average Bonchev–Trinajstić information content (AvgIpc) is 2.27. The maximum Gasteiger partial charge on any atom is 0.128 e. The zero-order valence-electron chi connectivity index (χ0n) is 8.03. The first-order valence-electron chi connectivity index (χ1n) is 4.46. The van der Waals surface area contributed by atoms with Crippen LogP contribution in [0.1, 0.15) is 5.56 Å². The van der Waals surface area contributed by atoms with Crippen molar-refractivity contribution in [3.05, 3.63) is 36.2 Å². The Bertz CT molecular complexity index is 454. The molecule has 72 valence electrons. The van der Waals surface area contributed by atoms with Crippen molar-refractivity contribution >= 4 is 10.8 Å². The van der Waals surface area contributed by atoms with E-state index in [0.29, 0.717) is 6.54 Å². The predicted octanol–water partition coefficient (Wildman–Crippen LogP) is 1.70. The summed E-state index contributed by atoms with van der Waals surface area (Å²) < 4.78 is 5.27. The molecule has 0 bridgehead atoms. The number of hydrogen-bond acceptors (Lipinski definition) is 3. The van der Waals surface area contributed by atoms with Gasteiger partial charge in [0.05, 0.1) is 7.11 Å². The minimum absolute atomic E-state index is 0.522. The third-order valence-corrected chi connectivity index (χ3v) is 2.23. The fraction of sp³-hybridized carbons (Fsp3) is 0.182. The number of ether oxygens (including phenoxy) is 1. The quantitative estimate of drug-likeness (QED) is 0.780. The minimum atomic E-state index is 0.522. The van der Waals surface area contributed by atoms with Crippen LogP contribution in [0.3, 0.4) is 0 Å². The lowest BCUT2D eigenvalue weighted by molar-refractivity contribution is 0.419.